The van der Waals surface area contributed by atoms with Crippen molar-refractivity contribution in [1.29, 1.82) is 0 Å². The number of carbonyl (C=O) groups is 1. The fraction of sp³-hybridized carbons (Fsp3) is 0.364. The zero-order chi connectivity index (χ0) is 13.6. The molecule has 0 aliphatic carbocycles. The van der Waals surface area contributed by atoms with Crippen LogP contribution in [0.15, 0.2) is 22.7 Å². The Balaban J connectivity index is 0.00000121. The molecule has 1 aromatic carbocycles. The van der Waals surface area contributed by atoms with E-state index in [0.29, 0.717) is 0 Å². The first-order valence-corrected chi connectivity index (χ1v) is 5.60. The van der Waals surface area contributed by atoms with Gasteiger partial charge in [-0.2, -0.15) is 13.2 Å². The molecule has 0 amide bonds. The van der Waals surface area contributed by atoms with Crippen LogP contribution in [0.25, 0.3) is 0 Å². The second-order valence-electron chi connectivity index (χ2n) is 2.72. The van der Waals surface area contributed by atoms with Gasteiger partial charge in [-0.3, -0.25) is 0 Å². The number of methoxy groups -OCH3 is 1. The second kappa shape index (κ2) is 6.64. The fourth-order valence-corrected chi connectivity index (χ4v) is 1.48. The summed E-state index contributed by atoms with van der Waals surface area (Å²) in [6.07, 6.45) is -4.48. The van der Waals surface area contributed by atoms with Crippen molar-refractivity contribution in [2.24, 2.45) is 0 Å². The molecule has 2 nitrogen and oxygen atoms in total. The average Bonchev–Trinajstić information content (AvgIpc) is 2.28. The van der Waals surface area contributed by atoms with Crippen molar-refractivity contribution >= 4 is 21.9 Å². The predicted molar refractivity (Wildman–Crippen MR) is 61.8 cm³/mol. The van der Waals surface area contributed by atoms with E-state index >= 15 is 0 Å². The predicted octanol–water partition coefficient (Wildman–Crippen LogP) is 4.28. The number of benzene rings is 1. The van der Waals surface area contributed by atoms with Gasteiger partial charge < -0.3 is 4.74 Å². The first-order chi connectivity index (χ1) is 7.84. The van der Waals surface area contributed by atoms with Crippen LogP contribution in [-0.2, 0) is 10.9 Å². The molecule has 6 heteroatoms. The van der Waals surface area contributed by atoms with E-state index in [1.807, 2.05) is 13.8 Å². The summed E-state index contributed by atoms with van der Waals surface area (Å²) in [5.41, 5.74) is -1.03. The summed E-state index contributed by atoms with van der Waals surface area (Å²) in [7, 11) is 1.11. The standard InChI is InChI=1S/C9H6BrF3O2.C2H6/c1-15-8(14)5-2-6(9(11,12)13)4-7(10)3-5;1-2/h2-4H,1H3;1-2H3. The minimum atomic E-state index is -4.48. The summed E-state index contributed by atoms with van der Waals surface area (Å²) in [5.74, 6) is -0.804. The molecular weight excluding hydrogens is 301 g/mol. The molecule has 0 unspecified atom stereocenters. The maximum Gasteiger partial charge on any atom is 0.416 e. The molecule has 0 spiro atoms. The first kappa shape index (κ1) is 16.0. The van der Waals surface area contributed by atoms with Gasteiger partial charge in [-0.1, -0.05) is 29.8 Å². The van der Waals surface area contributed by atoms with E-state index in [0.717, 1.165) is 19.2 Å². The van der Waals surface area contributed by atoms with Gasteiger partial charge >= 0.3 is 12.1 Å². The van der Waals surface area contributed by atoms with Crippen LogP contribution in [-0.4, -0.2) is 13.1 Å². The van der Waals surface area contributed by atoms with Crippen LogP contribution in [0.3, 0.4) is 0 Å². The van der Waals surface area contributed by atoms with Gasteiger partial charge in [0.25, 0.3) is 0 Å². The third kappa shape index (κ3) is 4.77. The summed E-state index contributed by atoms with van der Waals surface area (Å²) in [5, 5.41) is 0. The molecule has 0 saturated heterocycles. The number of halogens is 4. The monoisotopic (exact) mass is 312 g/mol. The van der Waals surface area contributed by atoms with Crippen LogP contribution in [0.5, 0.6) is 0 Å². The number of rotatable bonds is 1. The highest BCUT2D eigenvalue weighted by molar-refractivity contribution is 9.10. The molecule has 0 atom stereocenters. The summed E-state index contributed by atoms with van der Waals surface area (Å²) in [6, 6.07) is 2.91. The Hall–Kier alpha value is -1.04. The summed E-state index contributed by atoms with van der Waals surface area (Å²) >= 11 is 2.90. The Morgan fingerprint density at radius 1 is 1.24 bits per heavy atom. The maximum absolute atomic E-state index is 12.3. The first-order valence-electron chi connectivity index (χ1n) is 4.80. The van der Waals surface area contributed by atoms with Crippen LogP contribution in [0.4, 0.5) is 13.2 Å². The number of esters is 1. The highest BCUT2D eigenvalue weighted by Crippen LogP contribution is 2.32. The molecule has 0 aliphatic rings. The fourth-order valence-electron chi connectivity index (χ4n) is 0.989. The van der Waals surface area contributed by atoms with Crippen LogP contribution in [0.1, 0.15) is 29.8 Å². The van der Waals surface area contributed by atoms with Gasteiger partial charge in [0.05, 0.1) is 18.2 Å². The molecule has 17 heavy (non-hydrogen) atoms. The number of carbonyl (C=O) groups excluding carboxylic acids is 1. The van der Waals surface area contributed by atoms with E-state index in [1.165, 1.54) is 6.07 Å². The SMILES string of the molecule is CC.COC(=O)c1cc(Br)cc(C(F)(F)F)c1. The third-order valence-corrected chi connectivity index (χ3v) is 2.10. The molecule has 1 rings (SSSR count). The molecule has 1 aromatic rings. The minimum Gasteiger partial charge on any atom is -0.465 e. The van der Waals surface area contributed by atoms with Gasteiger partial charge in [0.1, 0.15) is 0 Å². The molecule has 0 saturated carbocycles. The molecule has 0 heterocycles. The third-order valence-electron chi connectivity index (χ3n) is 1.65. The van der Waals surface area contributed by atoms with Crippen LogP contribution in [0.2, 0.25) is 0 Å². The van der Waals surface area contributed by atoms with Gasteiger partial charge in [0, 0.05) is 4.47 Å². The summed E-state index contributed by atoms with van der Waals surface area (Å²) in [4.78, 5) is 11.0. The van der Waals surface area contributed by atoms with Gasteiger partial charge in [-0.25, -0.2) is 4.79 Å². The molecule has 0 N–H and O–H groups in total. The highest BCUT2D eigenvalue weighted by Gasteiger charge is 2.31. The van der Waals surface area contributed by atoms with Gasteiger partial charge in [0.15, 0.2) is 0 Å². The van der Waals surface area contributed by atoms with E-state index in [1.54, 1.807) is 0 Å². The Bertz CT molecular complexity index is 389. The normalized spacial score (nSPS) is 10.3. The molecule has 0 aromatic heterocycles. The van der Waals surface area contributed by atoms with Crippen LogP contribution in [0, 0.1) is 0 Å². The highest BCUT2D eigenvalue weighted by atomic mass is 79.9. The van der Waals surface area contributed by atoms with Crippen molar-refractivity contribution < 1.29 is 22.7 Å². The van der Waals surface area contributed by atoms with Gasteiger partial charge in [0.2, 0.25) is 0 Å². The summed E-state index contributed by atoms with van der Waals surface area (Å²) in [6.45, 7) is 4.00. The Morgan fingerprint density at radius 3 is 2.18 bits per heavy atom. The lowest BCUT2D eigenvalue weighted by molar-refractivity contribution is -0.137. The van der Waals surface area contributed by atoms with E-state index < -0.39 is 17.7 Å². The smallest absolute Gasteiger partial charge is 0.416 e. The van der Waals surface area contributed by atoms with Gasteiger partial charge in [-0.15, -0.1) is 0 Å². The Kier molecular flexibility index (Phi) is 6.23. The van der Waals surface area contributed by atoms with Crippen molar-refractivity contribution in [2.45, 2.75) is 20.0 Å². The lowest BCUT2D eigenvalue weighted by atomic mass is 10.1. The summed E-state index contributed by atoms with van der Waals surface area (Å²) < 4.78 is 41.5. The largest absolute Gasteiger partial charge is 0.465 e. The lowest BCUT2D eigenvalue weighted by Crippen LogP contribution is -2.08. The second-order valence-corrected chi connectivity index (χ2v) is 3.63. The van der Waals surface area contributed by atoms with Crippen molar-refractivity contribution in [3.63, 3.8) is 0 Å². The van der Waals surface area contributed by atoms with Crippen molar-refractivity contribution in [3.05, 3.63) is 33.8 Å². The van der Waals surface area contributed by atoms with E-state index in [4.69, 9.17) is 0 Å². The number of alkyl halides is 3. The molecule has 0 fully saturated rings. The van der Waals surface area contributed by atoms with E-state index in [2.05, 4.69) is 20.7 Å². The molecular formula is C11H12BrF3O2. The molecule has 0 aliphatic heterocycles. The number of hydrogen-bond donors (Lipinski definition) is 0. The average molecular weight is 313 g/mol. The topological polar surface area (TPSA) is 26.3 Å². The molecule has 0 bridgehead atoms. The van der Waals surface area contributed by atoms with E-state index in [9.17, 15) is 18.0 Å². The Labute approximate surface area is 106 Å². The Morgan fingerprint density at radius 2 is 1.76 bits per heavy atom. The maximum atomic E-state index is 12.3. The van der Waals surface area contributed by atoms with Crippen molar-refractivity contribution in [1.82, 2.24) is 0 Å². The zero-order valence-corrected chi connectivity index (χ0v) is 11.1. The molecule has 0 radical (unpaired) electrons. The number of hydrogen-bond acceptors (Lipinski definition) is 2. The molecule has 96 valence electrons. The van der Waals surface area contributed by atoms with Crippen molar-refractivity contribution in [3.8, 4) is 0 Å². The quantitative estimate of drug-likeness (QED) is 0.723. The minimum absolute atomic E-state index is 0.140. The van der Waals surface area contributed by atoms with Crippen molar-refractivity contribution in [2.75, 3.05) is 7.11 Å². The lowest BCUT2D eigenvalue weighted by Gasteiger charge is -2.08. The number of ether oxygens (including phenoxy) is 1. The van der Waals surface area contributed by atoms with Crippen LogP contribution >= 0.6 is 15.9 Å². The van der Waals surface area contributed by atoms with E-state index in [-0.39, 0.29) is 10.0 Å². The van der Waals surface area contributed by atoms with Gasteiger partial charge in [-0.05, 0) is 18.2 Å². The zero-order valence-electron chi connectivity index (χ0n) is 9.56. The van der Waals surface area contributed by atoms with Crippen LogP contribution < -0.4 is 0 Å².